The number of aryl methyl sites for hydroxylation is 1. The Morgan fingerprint density at radius 2 is 2.11 bits per heavy atom. The minimum Gasteiger partial charge on any atom is -0.375 e. The van der Waals surface area contributed by atoms with Crippen LogP contribution in [-0.2, 0) is 11.8 Å². The van der Waals surface area contributed by atoms with Gasteiger partial charge in [-0.1, -0.05) is 0 Å². The van der Waals surface area contributed by atoms with Gasteiger partial charge in [0.2, 0.25) is 0 Å². The van der Waals surface area contributed by atoms with Gasteiger partial charge in [-0.3, -0.25) is 9.48 Å². The van der Waals surface area contributed by atoms with Crippen LogP contribution in [-0.4, -0.2) is 45.9 Å². The minimum atomic E-state index is 0.0570. The zero-order valence-corrected chi connectivity index (χ0v) is 11.5. The highest BCUT2D eigenvalue weighted by Crippen LogP contribution is 2.35. The van der Waals surface area contributed by atoms with Crippen molar-refractivity contribution in [1.29, 1.82) is 0 Å². The molecule has 3 heterocycles. The van der Waals surface area contributed by atoms with Gasteiger partial charge in [0, 0.05) is 32.9 Å². The fourth-order valence-corrected chi connectivity index (χ4v) is 3.17. The number of amides is 1. The highest BCUT2D eigenvalue weighted by atomic mass is 16.5. The molecule has 0 bridgehead atoms. The van der Waals surface area contributed by atoms with E-state index >= 15 is 0 Å². The van der Waals surface area contributed by atoms with Crippen LogP contribution in [0.5, 0.6) is 0 Å². The summed E-state index contributed by atoms with van der Waals surface area (Å²) in [7, 11) is 1.81. The summed E-state index contributed by atoms with van der Waals surface area (Å²) in [6.45, 7) is 2.48. The lowest BCUT2D eigenvalue weighted by atomic mass is 9.84. The van der Waals surface area contributed by atoms with Gasteiger partial charge in [-0.2, -0.15) is 5.10 Å². The number of rotatable bonds is 1. The van der Waals surface area contributed by atoms with E-state index in [0.29, 0.717) is 5.69 Å². The fraction of sp³-hybridized carbons (Fsp3) is 0.714. The molecule has 3 rings (SSSR count). The van der Waals surface area contributed by atoms with Crippen molar-refractivity contribution >= 4 is 5.91 Å². The molecule has 0 unspecified atom stereocenters. The molecule has 1 aromatic heterocycles. The topological polar surface area (TPSA) is 47.4 Å². The number of ether oxygens (including phenoxy) is 1. The first-order valence-electron chi connectivity index (χ1n) is 7.11. The summed E-state index contributed by atoms with van der Waals surface area (Å²) in [6, 6.07) is 1.78. The Hall–Kier alpha value is -1.36. The maximum Gasteiger partial charge on any atom is 0.272 e. The molecule has 2 aliphatic rings. The largest absolute Gasteiger partial charge is 0.375 e. The zero-order valence-electron chi connectivity index (χ0n) is 11.5. The van der Waals surface area contributed by atoms with E-state index in [9.17, 15) is 4.79 Å². The third-order valence-electron chi connectivity index (χ3n) is 4.44. The molecule has 0 aromatic carbocycles. The molecule has 0 radical (unpaired) electrons. The van der Waals surface area contributed by atoms with Crippen LogP contribution in [0.1, 0.15) is 42.6 Å². The molecule has 0 atom stereocenters. The molecule has 19 heavy (non-hydrogen) atoms. The summed E-state index contributed by atoms with van der Waals surface area (Å²) in [6.07, 6.45) is 7.20. The predicted molar refractivity (Wildman–Crippen MR) is 70.9 cm³/mol. The molecule has 104 valence electrons. The van der Waals surface area contributed by atoms with Crippen molar-refractivity contribution < 1.29 is 9.53 Å². The number of carbonyl (C=O) groups excluding carboxylic acids is 1. The summed E-state index contributed by atoms with van der Waals surface area (Å²) in [5.41, 5.74) is 0.724. The Kier molecular flexibility index (Phi) is 3.31. The molecule has 5 heteroatoms. The first-order chi connectivity index (χ1) is 9.20. The Balaban J connectivity index is 1.64. The second-order valence-corrected chi connectivity index (χ2v) is 5.62. The Bertz CT molecular complexity index is 453. The van der Waals surface area contributed by atoms with Gasteiger partial charge in [-0.15, -0.1) is 0 Å². The molecule has 1 spiro atoms. The molecular weight excluding hydrogens is 242 g/mol. The van der Waals surface area contributed by atoms with Gasteiger partial charge >= 0.3 is 0 Å². The highest BCUT2D eigenvalue weighted by molar-refractivity contribution is 5.92. The number of piperidine rings is 1. The van der Waals surface area contributed by atoms with E-state index in [1.54, 1.807) is 16.9 Å². The number of hydrogen-bond acceptors (Lipinski definition) is 3. The van der Waals surface area contributed by atoms with Crippen LogP contribution in [0.3, 0.4) is 0 Å². The molecule has 0 aliphatic carbocycles. The predicted octanol–water partition coefficient (Wildman–Crippen LogP) is 1.60. The molecule has 2 saturated heterocycles. The molecule has 5 nitrogen and oxygen atoms in total. The molecule has 0 saturated carbocycles. The molecule has 1 aromatic rings. The van der Waals surface area contributed by atoms with E-state index < -0.39 is 0 Å². The second-order valence-electron chi connectivity index (χ2n) is 5.62. The van der Waals surface area contributed by atoms with Crippen molar-refractivity contribution in [3.63, 3.8) is 0 Å². The molecular formula is C14H21N3O2. The summed E-state index contributed by atoms with van der Waals surface area (Å²) < 4.78 is 7.64. The first-order valence-corrected chi connectivity index (χ1v) is 7.11. The third kappa shape index (κ3) is 2.39. The van der Waals surface area contributed by atoms with Crippen molar-refractivity contribution in [2.75, 3.05) is 19.7 Å². The molecule has 0 N–H and O–H groups in total. The van der Waals surface area contributed by atoms with Gasteiger partial charge < -0.3 is 9.64 Å². The third-order valence-corrected chi connectivity index (χ3v) is 4.44. The number of hydrogen-bond donors (Lipinski definition) is 0. The van der Waals surface area contributed by atoms with Crippen molar-refractivity contribution in [2.45, 2.75) is 37.7 Å². The maximum absolute atomic E-state index is 12.4. The second kappa shape index (κ2) is 4.96. The van der Waals surface area contributed by atoms with Crippen LogP contribution in [0.15, 0.2) is 12.3 Å². The maximum atomic E-state index is 12.4. The summed E-state index contributed by atoms with van der Waals surface area (Å²) in [5, 5.41) is 4.06. The van der Waals surface area contributed by atoms with Gasteiger partial charge in [0.15, 0.2) is 0 Å². The van der Waals surface area contributed by atoms with Crippen molar-refractivity contribution in [3.05, 3.63) is 18.0 Å². The van der Waals surface area contributed by atoms with E-state index in [1.807, 2.05) is 11.9 Å². The number of aromatic nitrogens is 2. The summed E-state index contributed by atoms with van der Waals surface area (Å²) >= 11 is 0. The lowest BCUT2D eigenvalue weighted by molar-refractivity contribution is -0.107. The van der Waals surface area contributed by atoms with Crippen LogP contribution in [0.2, 0.25) is 0 Å². The Morgan fingerprint density at radius 1 is 1.32 bits per heavy atom. The molecule has 2 aliphatic heterocycles. The van der Waals surface area contributed by atoms with E-state index in [1.165, 1.54) is 12.8 Å². The van der Waals surface area contributed by atoms with Gasteiger partial charge in [0.1, 0.15) is 5.69 Å². The van der Waals surface area contributed by atoms with Crippen molar-refractivity contribution in [1.82, 2.24) is 14.7 Å². The number of likely N-dealkylation sites (tertiary alicyclic amines) is 1. The average molecular weight is 263 g/mol. The number of nitrogens with zero attached hydrogens (tertiary/aromatic N) is 3. The quantitative estimate of drug-likeness (QED) is 0.773. The van der Waals surface area contributed by atoms with Crippen LogP contribution < -0.4 is 0 Å². The zero-order chi connectivity index (χ0) is 13.3. The number of carbonyl (C=O) groups is 1. The monoisotopic (exact) mass is 263 g/mol. The molecule has 2 fully saturated rings. The lowest BCUT2D eigenvalue weighted by Gasteiger charge is -2.43. The smallest absolute Gasteiger partial charge is 0.272 e. The van der Waals surface area contributed by atoms with Crippen LogP contribution in [0, 0.1) is 0 Å². The van der Waals surface area contributed by atoms with Crippen LogP contribution in [0.25, 0.3) is 0 Å². The van der Waals surface area contributed by atoms with Crippen molar-refractivity contribution in [3.8, 4) is 0 Å². The van der Waals surface area contributed by atoms with Gasteiger partial charge in [-0.05, 0) is 38.2 Å². The SMILES string of the molecule is Cn1nccc1C(=O)N1CCC2(CCCCO2)CC1. The summed E-state index contributed by atoms with van der Waals surface area (Å²) in [5.74, 6) is 0.0886. The van der Waals surface area contributed by atoms with Crippen LogP contribution in [0.4, 0.5) is 0 Å². The van der Waals surface area contributed by atoms with Crippen molar-refractivity contribution in [2.24, 2.45) is 7.05 Å². The normalized spacial score (nSPS) is 22.7. The minimum absolute atomic E-state index is 0.0570. The lowest BCUT2D eigenvalue weighted by Crippen LogP contribution is -2.49. The standard InChI is InChI=1S/C14H21N3O2/c1-16-12(4-8-15-16)13(18)17-9-6-14(7-10-17)5-2-3-11-19-14/h4,8H,2-3,5-7,9-11H2,1H3. The fourth-order valence-electron chi connectivity index (χ4n) is 3.17. The van der Waals surface area contributed by atoms with Gasteiger partial charge in [0.05, 0.1) is 5.60 Å². The summed E-state index contributed by atoms with van der Waals surface area (Å²) in [4.78, 5) is 14.3. The van der Waals surface area contributed by atoms with E-state index in [0.717, 1.165) is 39.0 Å². The van der Waals surface area contributed by atoms with E-state index in [4.69, 9.17) is 4.74 Å². The Morgan fingerprint density at radius 3 is 2.68 bits per heavy atom. The Labute approximate surface area is 113 Å². The van der Waals surface area contributed by atoms with E-state index in [-0.39, 0.29) is 11.5 Å². The van der Waals surface area contributed by atoms with Crippen LogP contribution >= 0.6 is 0 Å². The average Bonchev–Trinajstić information content (AvgIpc) is 2.86. The van der Waals surface area contributed by atoms with E-state index in [2.05, 4.69) is 5.10 Å². The highest BCUT2D eigenvalue weighted by Gasteiger charge is 2.38. The first kappa shape index (κ1) is 12.7. The molecule has 1 amide bonds. The van der Waals surface area contributed by atoms with Gasteiger partial charge in [0.25, 0.3) is 5.91 Å². The van der Waals surface area contributed by atoms with Gasteiger partial charge in [-0.25, -0.2) is 0 Å².